The van der Waals surface area contributed by atoms with Crippen LogP contribution in [0.25, 0.3) is 0 Å². The molecule has 2 aliphatic rings. The zero-order valence-corrected chi connectivity index (χ0v) is 25.1. The molecule has 1 aliphatic carbocycles. The second-order valence-electron chi connectivity index (χ2n) is 10.6. The largest absolute Gasteiger partial charge is 0.439 e. The molecule has 6 atom stereocenters. The lowest BCUT2D eigenvalue weighted by Crippen LogP contribution is -2.37. The first-order valence-corrected chi connectivity index (χ1v) is 13.8. The highest BCUT2D eigenvalue weighted by Crippen LogP contribution is 2.28. The Morgan fingerprint density at radius 1 is 1.21 bits per heavy atom. The van der Waals surface area contributed by atoms with Crippen LogP contribution in [0.4, 0.5) is 4.79 Å². The summed E-state index contributed by atoms with van der Waals surface area (Å²) in [7, 11) is 2.92. The van der Waals surface area contributed by atoms with Crippen molar-refractivity contribution >= 4 is 23.6 Å². The van der Waals surface area contributed by atoms with Crippen LogP contribution in [0.15, 0.2) is 71.1 Å². The van der Waals surface area contributed by atoms with Crippen molar-refractivity contribution in [1.82, 2.24) is 10.6 Å². The zero-order chi connectivity index (χ0) is 31.6. The second-order valence-corrected chi connectivity index (χ2v) is 10.6. The molecule has 1 heterocycles. The van der Waals surface area contributed by atoms with Crippen LogP contribution in [0.5, 0.6) is 0 Å². The number of primary amides is 1. The molecule has 0 aromatic carbocycles. The van der Waals surface area contributed by atoms with E-state index in [4.69, 9.17) is 19.9 Å². The normalized spacial score (nSPS) is 31.6. The molecule has 42 heavy (non-hydrogen) atoms. The van der Waals surface area contributed by atoms with Crippen LogP contribution >= 0.6 is 0 Å². The number of hydrogen-bond donors (Lipinski definition) is 4. The first kappa shape index (κ1) is 34.4. The molecule has 0 saturated heterocycles. The van der Waals surface area contributed by atoms with Crippen molar-refractivity contribution in [3.05, 3.63) is 71.1 Å². The van der Waals surface area contributed by atoms with Crippen molar-refractivity contribution in [2.24, 2.45) is 17.6 Å². The molecule has 0 aromatic rings. The van der Waals surface area contributed by atoms with Crippen LogP contribution in [-0.4, -0.2) is 73.9 Å². The van der Waals surface area contributed by atoms with E-state index in [1.54, 1.807) is 45.1 Å². The number of amides is 2. The van der Waals surface area contributed by atoms with Gasteiger partial charge in [0.15, 0.2) is 6.10 Å². The van der Waals surface area contributed by atoms with Gasteiger partial charge in [-0.3, -0.25) is 14.4 Å². The number of aliphatic hydroxyl groups is 1. The number of fused-ring (bicyclic) bond motifs is 2. The summed E-state index contributed by atoms with van der Waals surface area (Å²) in [5.41, 5.74) is 6.42. The van der Waals surface area contributed by atoms with Gasteiger partial charge in [-0.1, -0.05) is 44.2 Å². The third-order valence-corrected chi connectivity index (χ3v) is 7.22. The fraction of sp³-hybridized carbons (Fsp3) is 0.484. The van der Waals surface area contributed by atoms with Crippen molar-refractivity contribution in [2.45, 2.75) is 65.0 Å². The summed E-state index contributed by atoms with van der Waals surface area (Å²) in [5, 5.41) is 16.7. The Bertz CT molecular complexity index is 1210. The van der Waals surface area contributed by atoms with Crippen molar-refractivity contribution in [3.8, 4) is 0 Å². The van der Waals surface area contributed by atoms with Crippen LogP contribution in [-0.2, 0) is 28.6 Å². The molecular formula is C31H43N3O8. The summed E-state index contributed by atoms with van der Waals surface area (Å²) >= 11 is 0. The van der Waals surface area contributed by atoms with E-state index in [1.807, 2.05) is 6.92 Å². The standard InChI is InChI=1S/C31H43N3O8/c1-8-12-33-26-21-13-17(2)14-25(41-7)27(36)19(4)15-20(5)29(42-31(32)39)24(40-6)11-9-10-18(3)30(38)34-22(28(21)37)16-23(26)35/h8-11,15-17,19,24-25,27,29,33,36H,1,12-14H2,2-7H3,(H2,32,39)(H,34,38)/b11-9-,18-10+,20-15+/t17-,19+,24+,25-,27+,29+/m0/s1. The van der Waals surface area contributed by atoms with Crippen LogP contribution in [0.1, 0.15) is 40.5 Å². The summed E-state index contributed by atoms with van der Waals surface area (Å²) in [6.45, 7) is 10.9. The SMILES string of the molecule is C=CCNC1=C2C[C@H](C)C[C@H](OC)[C@H](O)[C@H](C)/C=C(\C)[C@@H](OC(N)=O)[C@H](OC)/C=C\C=C(/C)C(=O)NC(=CC1=O)C2=O. The van der Waals surface area contributed by atoms with E-state index in [0.717, 1.165) is 6.08 Å². The van der Waals surface area contributed by atoms with Crippen LogP contribution in [0.2, 0.25) is 0 Å². The Morgan fingerprint density at radius 2 is 1.90 bits per heavy atom. The molecule has 0 spiro atoms. The Hall–Kier alpha value is -3.80. The quantitative estimate of drug-likeness (QED) is 0.271. The van der Waals surface area contributed by atoms with Gasteiger partial charge in [0.2, 0.25) is 11.6 Å². The van der Waals surface area contributed by atoms with Gasteiger partial charge < -0.3 is 35.7 Å². The number of aliphatic hydroxyl groups excluding tert-OH is 1. The number of nitrogens with two attached hydrogens (primary N) is 1. The Kier molecular flexibility index (Phi) is 13.1. The Morgan fingerprint density at radius 3 is 2.50 bits per heavy atom. The Balaban J connectivity index is 2.62. The minimum absolute atomic E-state index is 0.132. The molecule has 11 heteroatoms. The summed E-state index contributed by atoms with van der Waals surface area (Å²) < 4.78 is 16.6. The van der Waals surface area contributed by atoms with Crippen molar-refractivity contribution in [3.63, 3.8) is 0 Å². The highest BCUT2D eigenvalue weighted by molar-refractivity contribution is 6.23. The zero-order valence-electron chi connectivity index (χ0n) is 25.1. The predicted molar refractivity (Wildman–Crippen MR) is 158 cm³/mol. The molecule has 2 amide bonds. The van der Waals surface area contributed by atoms with E-state index in [9.17, 15) is 24.3 Å². The van der Waals surface area contributed by atoms with Gasteiger partial charge in [-0.2, -0.15) is 0 Å². The number of nitrogens with one attached hydrogen (secondary N) is 2. The highest BCUT2D eigenvalue weighted by atomic mass is 16.6. The van der Waals surface area contributed by atoms with Crippen LogP contribution in [0.3, 0.4) is 0 Å². The van der Waals surface area contributed by atoms with E-state index < -0.39 is 53.9 Å². The highest BCUT2D eigenvalue weighted by Gasteiger charge is 2.33. The van der Waals surface area contributed by atoms with E-state index in [0.29, 0.717) is 12.0 Å². The van der Waals surface area contributed by atoms with Crippen molar-refractivity contribution < 1.29 is 38.5 Å². The van der Waals surface area contributed by atoms with Gasteiger partial charge >= 0.3 is 6.09 Å². The molecular weight excluding hydrogens is 542 g/mol. The van der Waals surface area contributed by atoms with Gasteiger partial charge in [-0.15, -0.1) is 6.58 Å². The lowest BCUT2D eigenvalue weighted by Gasteiger charge is -2.30. The average Bonchev–Trinajstić information content (AvgIpc) is 2.94. The summed E-state index contributed by atoms with van der Waals surface area (Å²) in [6.07, 6.45) is 5.34. The molecule has 11 nitrogen and oxygen atoms in total. The van der Waals surface area contributed by atoms with E-state index in [2.05, 4.69) is 17.2 Å². The molecule has 2 rings (SSSR count). The maximum atomic E-state index is 13.5. The Labute approximate surface area is 247 Å². The second kappa shape index (κ2) is 16.0. The molecule has 1 aliphatic heterocycles. The number of carbonyl (C=O) groups excluding carboxylic acids is 4. The van der Waals surface area contributed by atoms with Gasteiger partial charge in [0, 0.05) is 43.9 Å². The number of ether oxygens (including phenoxy) is 3. The minimum atomic E-state index is -1.00. The third-order valence-electron chi connectivity index (χ3n) is 7.22. The van der Waals surface area contributed by atoms with Crippen molar-refractivity contribution in [1.29, 1.82) is 0 Å². The summed E-state index contributed by atoms with van der Waals surface area (Å²) in [5.74, 6) is -2.14. The van der Waals surface area contributed by atoms with Gasteiger partial charge in [0.1, 0.15) is 6.10 Å². The smallest absolute Gasteiger partial charge is 0.405 e. The summed E-state index contributed by atoms with van der Waals surface area (Å²) in [4.78, 5) is 51.3. The number of hydrogen-bond acceptors (Lipinski definition) is 9. The number of ketones is 2. The maximum Gasteiger partial charge on any atom is 0.405 e. The van der Waals surface area contributed by atoms with Gasteiger partial charge in [0.05, 0.1) is 23.6 Å². The lowest BCUT2D eigenvalue weighted by molar-refractivity contribution is -0.120. The van der Waals surface area contributed by atoms with E-state index >= 15 is 0 Å². The summed E-state index contributed by atoms with van der Waals surface area (Å²) in [6, 6.07) is 0. The van der Waals surface area contributed by atoms with E-state index in [1.165, 1.54) is 20.3 Å². The topological polar surface area (TPSA) is 166 Å². The molecule has 0 radical (unpaired) electrons. The molecule has 0 aromatic heterocycles. The molecule has 0 unspecified atom stereocenters. The molecule has 0 saturated carbocycles. The van der Waals surface area contributed by atoms with Gasteiger partial charge in [-0.05, 0) is 38.2 Å². The predicted octanol–water partition coefficient (Wildman–Crippen LogP) is 2.54. The number of Topliss-reactive ketones (excluding diaryl/α,β-unsaturated/α-hetero) is 1. The van der Waals surface area contributed by atoms with Crippen molar-refractivity contribution in [2.75, 3.05) is 20.8 Å². The molecule has 5 N–H and O–H groups in total. The first-order valence-electron chi connectivity index (χ1n) is 13.8. The van der Waals surface area contributed by atoms with Crippen LogP contribution < -0.4 is 16.4 Å². The molecule has 0 fully saturated rings. The van der Waals surface area contributed by atoms with Gasteiger partial charge in [-0.25, -0.2) is 4.79 Å². The number of carbonyl (C=O) groups is 4. The van der Waals surface area contributed by atoms with Crippen LogP contribution in [0, 0.1) is 11.8 Å². The third kappa shape index (κ3) is 9.10. The number of methoxy groups -OCH3 is 2. The van der Waals surface area contributed by atoms with Gasteiger partial charge in [0.25, 0.3) is 5.91 Å². The number of allylic oxidation sites excluding steroid dienone is 4. The fourth-order valence-corrected chi connectivity index (χ4v) is 4.95. The molecule has 2 bridgehead atoms. The lowest BCUT2D eigenvalue weighted by atomic mass is 9.85. The first-order chi connectivity index (χ1) is 19.8. The number of rotatable bonds is 6. The average molecular weight is 586 g/mol. The van der Waals surface area contributed by atoms with E-state index in [-0.39, 0.29) is 41.4 Å². The molecule has 230 valence electrons. The fourth-order valence-electron chi connectivity index (χ4n) is 4.95. The maximum absolute atomic E-state index is 13.5. The minimum Gasteiger partial charge on any atom is -0.439 e. The monoisotopic (exact) mass is 585 g/mol.